The van der Waals surface area contributed by atoms with Crippen LogP contribution >= 0.6 is 11.6 Å². The van der Waals surface area contributed by atoms with Crippen molar-refractivity contribution >= 4 is 17.6 Å². The summed E-state index contributed by atoms with van der Waals surface area (Å²) in [6.07, 6.45) is 0. The van der Waals surface area contributed by atoms with E-state index in [4.69, 9.17) is 16.7 Å². The van der Waals surface area contributed by atoms with Gasteiger partial charge in [-0.3, -0.25) is 0 Å². The van der Waals surface area contributed by atoms with Crippen LogP contribution in [-0.2, 0) is 0 Å². The normalized spacial score (nSPS) is 10.4. The highest BCUT2D eigenvalue weighted by Crippen LogP contribution is 2.32. The van der Waals surface area contributed by atoms with Gasteiger partial charge < -0.3 is 5.11 Å². The zero-order valence-corrected chi connectivity index (χ0v) is 10.3. The molecule has 0 heterocycles. The average Bonchev–Trinajstić information content (AvgIpc) is 2.34. The minimum absolute atomic E-state index is 0.144. The Morgan fingerprint density at radius 2 is 1.89 bits per heavy atom. The van der Waals surface area contributed by atoms with Gasteiger partial charge in [0, 0.05) is 5.56 Å². The van der Waals surface area contributed by atoms with E-state index in [1.807, 2.05) is 0 Å². The van der Waals surface area contributed by atoms with Crippen molar-refractivity contribution in [3.63, 3.8) is 0 Å². The van der Waals surface area contributed by atoms with E-state index in [1.165, 1.54) is 12.1 Å². The molecule has 0 saturated carbocycles. The molecular weight excluding hydrogens is 255 g/mol. The van der Waals surface area contributed by atoms with Gasteiger partial charge in [0.15, 0.2) is 0 Å². The van der Waals surface area contributed by atoms with E-state index in [9.17, 15) is 9.18 Å². The molecule has 0 aromatic heterocycles. The average molecular weight is 265 g/mol. The Morgan fingerprint density at radius 3 is 2.56 bits per heavy atom. The number of benzene rings is 2. The predicted molar refractivity (Wildman–Crippen MR) is 68.5 cm³/mol. The van der Waals surface area contributed by atoms with Crippen molar-refractivity contribution in [3.05, 3.63) is 58.4 Å². The maximum absolute atomic E-state index is 13.3. The van der Waals surface area contributed by atoms with Gasteiger partial charge in [0.2, 0.25) is 0 Å². The van der Waals surface area contributed by atoms with E-state index in [0.717, 1.165) is 0 Å². The maximum Gasteiger partial charge on any atom is 0.336 e. The molecule has 0 saturated heterocycles. The highest BCUT2D eigenvalue weighted by Gasteiger charge is 2.14. The van der Waals surface area contributed by atoms with Gasteiger partial charge in [-0.15, -0.1) is 0 Å². The molecule has 0 aliphatic rings. The molecule has 2 rings (SSSR count). The van der Waals surface area contributed by atoms with Crippen molar-refractivity contribution in [1.82, 2.24) is 0 Å². The third-order valence-corrected chi connectivity index (χ3v) is 3.01. The summed E-state index contributed by atoms with van der Waals surface area (Å²) in [6, 6.07) is 9.26. The van der Waals surface area contributed by atoms with Gasteiger partial charge in [-0.05, 0) is 36.2 Å². The number of halogens is 2. The summed E-state index contributed by atoms with van der Waals surface area (Å²) in [5, 5.41) is 9.33. The number of aryl methyl sites for hydroxylation is 1. The first-order chi connectivity index (χ1) is 8.50. The molecule has 2 nitrogen and oxygen atoms in total. The number of carboxylic acids is 1. The lowest BCUT2D eigenvalue weighted by molar-refractivity contribution is 0.0697. The van der Waals surface area contributed by atoms with Crippen LogP contribution in [-0.4, -0.2) is 11.1 Å². The molecule has 4 heteroatoms. The topological polar surface area (TPSA) is 37.3 Å². The Hall–Kier alpha value is -1.87. The molecule has 0 aliphatic carbocycles. The summed E-state index contributed by atoms with van der Waals surface area (Å²) in [5.41, 5.74) is 1.58. The van der Waals surface area contributed by atoms with Crippen LogP contribution in [0.3, 0.4) is 0 Å². The quantitative estimate of drug-likeness (QED) is 0.885. The van der Waals surface area contributed by atoms with Crippen LogP contribution in [0.5, 0.6) is 0 Å². The molecule has 0 bridgehead atoms. The number of carbonyl (C=O) groups is 1. The fraction of sp³-hybridized carbons (Fsp3) is 0.0714. The van der Waals surface area contributed by atoms with Crippen LogP contribution in [0.1, 0.15) is 15.9 Å². The SMILES string of the molecule is Cc1cc(-c2ccccc2C(=O)O)c(Cl)cc1F. The molecule has 0 amide bonds. The van der Waals surface area contributed by atoms with E-state index in [2.05, 4.69) is 0 Å². The lowest BCUT2D eigenvalue weighted by atomic mass is 9.98. The lowest BCUT2D eigenvalue weighted by Gasteiger charge is -2.09. The number of carboxylic acid groups (broad SMARTS) is 1. The number of aromatic carboxylic acids is 1. The summed E-state index contributed by atoms with van der Waals surface area (Å²) < 4.78 is 13.3. The van der Waals surface area contributed by atoms with Crippen LogP contribution in [0.4, 0.5) is 4.39 Å². The molecule has 2 aromatic carbocycles. The van der Waals surface area contributed by atoms with Crippen LogP contribution in [0, 0.1) is 12.7 Å². The molecule has 0 unspecified atom stereocenters. The van der Waals surface area contributed by atoms with Crippen molar-refractivity contribution in [3.8, 4) is 11.1 Å². The van der Waals surface area contributed by atoms with Gasteiger partial charge in [-0.1, -0.05) is 29.8 Å². The predicted octanol–water partition coefficient (Wildman–Crippen LogP) is 4.15. The third kappa shape index (κ3) is 2.22. The van der Waals surface area contributed by atoms with Gasteiger partial charge >= 0.3 is 5.97 Å². The Kier molecular flexibility index (Phi) is 3.34. The molecular formula is C14H10ClFO2. The van der Waals surface area contributed by atoms with Gasteiger partial charge in [-0.2, -0.15) is 0 Å². The molecule has 2 aromatic rings. The molecule has 18 heavy (non-hydrogen) atoms. The van der Waals surface area contributed by atoms with Crippen molar-refractivity contribution in [2.24, 2.45) is 0 Å². The van der Waals surface area contributed by atoms with Crippen LogP contribution in [0.15, 0.2) is 36.4 Å². The van der Waals surface area contributed by atoms with E-state index < -0.39 is 11.8 Å². The van der Waals surface area contributed by atoms with Gasteiger partial charge in [0.25, 0.3) is 0 Å². The second-order valence-corrected chi connectivity index (χ2v) is 4.34. The van der Waals surface area contributed by atoms with E-state index in [-0.39, 0.29) is 10.6 Å². The maximum atomic E-state index is 13.3. The molecule has 1 N–H and O–H groups in total. The monoisotopic (exact) mass is 264 g/mol. The molecule has 0 fully saturated rings. The van der Waals surface area contributed by atoms with Gasteiger partial charge in [0.1, 0.15) is 5.82 Å². The number of hydrogen-bond acceptors (Lipinski definition) is 1. The Balaban J connectivity index is 2.69. The smallest absolute Gasteiger partial charge is 0.336 e. The second-order valence-electron chi connectivity index (χ2n) is 3.93. The van der Waals surface area contributed by atoms with Gasteiger partial charge in [-0.25, -0.2) is 9.18 Å². The zero-order chi connectivity index (χ0) is 13.3. The second kappa shape index (κ2) is 4.78. The minimum Gasteiger partial charge on any atom is -0.478 e. The lowest BCUT2D eigenvalue weighted by Crippen LogP contribution is -1.99. The summed E-state index contributed by atoms with van der Waals surface area (Å²) in [7, 11) is 0. The fourth-order valence-electron chi connectivity index (χ4n) is 1.77. The largest absolute Gasteiger partial charge is 0.478 e. The Bertz CT molecular complexity index is 623. The summed E-state index contributed by atoms with van der Waals surface area (Å²) >= 11 is 5.98. The summed E-state index contributed by atoms with van der Waals surface area (Å²) in [5.74, 6) is -1.44. The van der Waals surface area contributed by atoms with Crippen LogP contribution in [0.2, 0.25) is 5.02 Å². The molecule has 0 radical (unpaired) electrons. The van der Waals surface area contributed by atoms with Crippen LogP contribution < -0.4 is 0 Å². The van der Waals surface area contributed by atoms with Crippen LogP contribution in [0.25, 0.3) is 11.1 Å². The molecule has 0 atom stereocenters. The minimum atomic E-state index is -1.04. The standard InChI is InChI=1S/C14H10ClFO2/c1-8-6-11(12(15)7-13(8)16)9-4-2-3-5-10(9)14(17)18/h2-7H,1H3,(H,17,18). The van der Waals surface area contributed by atoms with E-state index in [0.29, 0.717) is 16.7 Å². The van der Waals surface area contributed by atoms with Gasteiger partial charge in [0.05, 0.1) is 10.6 Å². The fourth-order valence-corrected chi connectivity index (χ4v) is 2.02. The van der Waals surface area contributed by atoms with Crippen molar-refractivity contribution in [1.29, 1.82) is 0 Å². The van der Waals surface area contributed by atoms with E-state index in [1.54, 1.807) is 31.2 Å². The summed E-state index contributed by atoms with van der Waals surface area (Å²) in [4.78, 5) is 11.1. The highest BCUT2D eigenvalue weighted by molar-refractivity contribution is 6.33. The van der Waals surface area contributed by atoms with Crippen molar-refractivity contribution < 1.29 is 14.3 Å². The first kappa shape index (κ1) is 12.6. The summed E-state index contributed by atoms with van der Waals surface area (Å²) in [6.45, 7) is 1.61. The Labute approximate surface area is 109 Å². The van der Waals surface area contributed by atoms with E-state index >= 15 is 0 Å². The first-order valence-electron chi connectivity index (χ1n) is 5.29. The Morgan fingerprint density at radius 1 is 1.22 bits per heavy atom. The van der Waals surface area contributed by atoms with Crippen molar-refractivity contribution in [2.75, 3.05) is 0 Å². The number of rotatable bonds is 2. The molecule has 0 spiro atoms. The molecule has 0 aliphatic heterocycles. The molecule has 92 valence electrons. The number of hydrogen-bond donors (Lipinski definition) is 1. The third-order valence-electron chi connectivity index (χ3n) is 2.70. The highest BCUT2D eigenvalue weighted by atomic mass is 35.5. The first-order valence-corrected chi connectivity index (χ1v) is 5.67. The zero-order valence-electron chi connectivity index (χ0n) is 9.58. The van der Waals surface area contributed by atoms with Crippen molar-refractivity contribution in [2.45, 2.75) is 6.92 Å².